The van der Waals surface area contributed by atoms with E-state index in [9.17, 15) is 14.0 Å². The molecule has 1 aliphatic rings. The highest BCUT2D eigenvalue weighted by molar-refractivity contribution is 5.93. The fourth-order valence-corrected chi connectivity index (χ4v) is 4.23. The molecule has 7 heteroatoms. The number of likely N-dealkylation sites (tertiary alicyclic amines) is 1. The molecular formula is C25H27FN4O2. The number of piperidine rings is 1. The van der Waals surface area contributed by atoms with Crippen LogP contribution in [-0.2, 0) is 4.79 Å². The number of amides is 2. The van der Waals surface area contributed by atoms with Crippen LogP contribution in [0.1, 0.15) is 48.2 Å². The summed E-state index contributed by atoms with van der Waals surface area (Å²) in [6, 6.07) is 15.8. The summed E-state index contributed by atoms with van der Waals surface area (Å²) >= 11 is 0. The van der Waals surface area contributed by atoms with Gasteiger partial charge in [-0.3, -0.25) is 14.2 Å². The maximum atomic E-state index is 13.2. The quantitative estimate of drug-likeness (QED) is 0.639. The molecule has 4 rings (SSSR count). The van der Waals surface area contributed by atoms with Gasteiger partial charge in [0, 0.05) is 24.8 Å². The second-order valence-electron chi connectivity index (χ2n) is 8.07. The lowest BCUT2D eigenvalue weighted by molar-refractivity contribution is -0.134. The average molecular weight is 435 g/mol. The fourth-order valence-electron chi connectivity index (χ4n) is 4.23. The van der Waals surface area contributed by atoms with Crippen molar-refractivity contribution in [1.82, 2.24) is 19.8 Å². The van der Waals surface area contributed by atoms with E-state index in [0.29, 0.717) is 37.3 Å². The van der Waals surface area contributed by atoms with Gasteiger partial charge in [-0.1, -0.05) is 37.3 Å². The van der Waals surface area contributed by atoms with Crippen LogP contribution < -0.4 is 5.32 Å². The van der Waals surface area contributed by atoms with Crippen LogP contribution >= 0.6 is 0 Å². The van der Waals surface area contributed by atoms with Crippen molar-refractivity contribution in [2.24, 2.45) is 0 Å². The average Bonchev–Trinajstić information content (AvgIpc) is 3.31. The summed E-state index contributed by atoms with van der Waals surface area (Å²) < 4.78 is 14.9. The third-order valence-corrected chi connectivity index (χ3v) is 6.03. The molecule has 2 amide bonds. The van der Waals surface area contributed by atoms with E-state index in [1.54, 1.807) is 16.7 Å². The summed E-state index contributed by atoms with van der Waals surface area (Å²) in [6.45, 7) is 3.27. The molecule has 32 heavy (non-hydrogen) atoms. The lowest BCUT2D eigenvalue weighted by atomic mass is 9.93. The van der Waals surface area contributed by atoms with Crippen LogP contribution in [0.3, 0.4) is 0 Å². The number of hydrogen-bond donors (Lipinski definition) is 1. The van der Waals surface area contributed by atoms with Gasteiger partial charge in [-0.2, -0.15) is 0 Å². The Balaban J connectivity index is 1.36. The first-order valence-electron chi connectivity index (χ1n) is 11.0. The van der Waals surface area contributed by atoms with Gasteiger partial charge in [0.1, 0.15) is 11.5 Å². The molecule has 2 aromatic carbocycles. The molecule has 1 aliphatic heterocycles. The predicted molar refractivity (Wildman–Crippen MR) is 120 cm³/mol. The highest BCUT2D eigenvalue weighted by Gasteiger charge is 2.29. The molecule has 0 bridgehead atoms. The molecule has 3 aromatic rings. The highest BCUT2D eigenvalue weighted by Crippen LogP contribution is 2.24. The van der Waals surface area contributed by atoms with Crippen molar-refractivity contribution in [3.8, 4) is 5.69 Å². The zero-order valence-corrected chi connectivity index (χ0v) is 18.1. The zero-order valence-electron chi connectivity index (χ0n) is 18.1. The Morgan fingerprint density at radius 1 is 1.09 bits per heavy atom. The maximum Gasteiger partial charge on any atom is 0.270 e. The number of nitrogens with one attached hydrogen (secondary N) is 1. The van der Waals surface area contributed by atoms with E-state index in [4.69, 9.17) is 0 Å². The zero-order chi connectivity index (χ0) is 22.5. The summed E-state index contributed by atoms with van der Waals surface area (Å²) in [7, 11) is 0. The molecule has 6 nitrogen and oxygen atoms in total. The number of imidazole rings is 1. The molecular weight excluding hydrogens is 407 g/mol. The molecule has 0 spiro atoms. The maximum absolute atomic E-state index is 13.2. The third-order valence-electron chi connectivity index (χ3n) is 6.03. The number of rotatable bonds is 6. The van der Waals surface area contributed by atoms with E-state index < -0.39 is 0 Å². The van der Waals surface area contributed by atoms with Crippen molar-refractivity contribution >= 4 is 11.8 Å². The van der Waals surface area contributed by atoms with E-state index in [1.165, 1.54) is 24.7 Å². The van der Waals surface area contributed by atoms with Crippen LogP contribution in [0, 0.1) is 5.82 Å². The van der Waals surface area contributed by atoms with E-state index >= 15 is 0 Å². The van der Waals surface area contributed by atoms with Crippen LogP contribution in [0.5, 0.6) is 0 Å². The molecule has 1 saturated heterocycles. The summed E-state index contributed by atoms with van der Waals surface area (Å²) in [6.07, 6.45) is 5.20. The molecule has 0 radical (unpaired) electrons. The van der Waals surface area contributed by atoms with Gasteiger partial charge in [-0.25, -0.2) is 9.37 Å². The second-order valence-corrected chi connectivity index (χ2v) is 8.07. The number of hydrogen-bond acceptors (Lipinski definition) is 3. The Morgan fingerprint density at radius 3 is 2.44 bits per heavy atom. The molecule has 1 atom stereocenters. The van der Waals surface area contributed by atoms with Crippen molar-refractivity contribution in [3.63, 3.8) is 0 Å². The number of carbonyl (C=O) groups is 2. The van der Waals surface area contributed by atoms with Crippen molar-refractivity contribution in [1.29, 1.82) is 0 Å². The van der Waals surface area contributed by atoms with Gasteiger partial charge in [0.2, 0.25) is 5.91 Å². The van der Waals surface area contributed by atoms with Crippen LogP contribution in [0.25, 0.3) is 5.69 Å². The molecule has 166 valence electrons. The van der Waals surface area contributed by atoms with Crippen LogP contribution in [0.15, 0.2) is 67.1 Å². The van der Waals surface area contributed by atoms with Crippen LogP contribution in [0.2, 0.25) is 0 Å². The number of benzene rings is 2. The minimum Gasteiger partial charge on any atom is -0.348 e. The van der Waals surface area contributed by atoms with Crippen LogP contribution in [-0.4, -0.2) is 45.4 Å². The first-order chi connectivity index (χ1) is 15.6. The minimum atomic E-state index is -0.334. The van der Waals surface area contributed by atoms with Gasteiger partial charge in [0.05, 0.1) is 18.4 Å². The first-order valence-corrected chi connectivity index (χ1v) is 11.0. The van der Waals surface area contributed by atoms with Crippen LogP contribution in [0.4, 0.5) is 4.39 Å². The molecule has 2 heterocycles. The molecule has 1 fully saturated rings. The van der Waals surface area contributed by atoms with Gasteiger partial charge in [-0.05, 0) is 49.1 Å². The van der Waals surface area contributed by atoms with Gasteiger partial charge in [0.25, 0.3) is 5.91 Å². The topological polar surface area (TPSA) is 67.2 Å². The number of nitrogens with zero attached hydrogens (tertiary/aromatic N) is 3. The van der Waals surface area contributed by atoms with Gasteiger partial charge >= 0.3 is 0 Å². The Kier molecular flexibility index (Phi) is 6.63. The monoisotopic (exact) mass is 434 g/mol. The predicted octanol–water partition coefficient (Wildman–Crippen LogP) is 3.93. The Hall–Kier alpha value is -3.48. The van der Waals surface area contributed by atoms with Crippen molar-refractivity contribution in [2.75, 3.05) is 13.1 Å². The van der Waals surface area contributed by atoms with Gasteiger partial charge < -0.3 is 10.2 Å². The smallest absolute Gasteiger partial charge is 0.270 e. The van der Waals surface area contributed by atoms with E-state index in [2.05, 4.69) is 10.3 Å². The fraction of sp³-hybridized carbons (Fsp3) is 0.320. The number of aromatic nitrogens is 2. The van der Waals surface area contributed by atoms with Gasteiger partial charge in [0.15, 0.2) is 0 Å². The minimum absolute atomic E-state index is 0.0140. The summed E-state index contributed by atoms with van der Waals surface area (Å²) in [5.41, 5.74) is 2.11. The van der Waals surface area contributed by atoms with E-state index in [1.807, 2.05) is 42.2 Å². The molecule has 1 N–H and O–H groups in total. The summed E-state index contributed by atoms with van der Waals surface area (Å²) in [5, 5.41) is 3.07. The molecule has 1 aromatic heterocycles. The largest absolute Gasteiger partial charge is 0.348 e. The Labute approximate surface area is 187 Å². The Morgan fingerprint density at radius 2 is 1.78 bits per heavy atom. The molecule has 0 aliphatic carbocycles. The molecule has 1 unspecified atom stereocenters. The SMILES string of the molecule is CCC(C(=O)N1CCC(NC(=O)c2cncn2-c2ccc(F)cc2)CC1)c1ccccc1. The lowest BCUT2D eigenvalue weighted by Gasteiger charge is -2.34. The summed E-state index contributed by atoms with van der Waals surface area (Å²) in [5.74, 6) is -0.545. The lowest BCUT2D eigenvalue weighted by Crippen LogP contribution is -2.47. The van der Waals surface area contributed by atoms with Crippen molar-refractivity contribution in [2.45, 2.75) is 38.1 Å². The third kappa shape index (κ3) is 4.72. The Bertz CT molecular complexity index is 1060. The second kappa shape index (κ2) is 9.77. The van der Waals surface area contributed by atoms with Crippen molar-refractivity contribution in [3.05, 3.63) is 84.2 Å². The summed E-state index contributed by atoms with van der Waals surface area (Å²) in [4.78, 5) is 31.9. The molecule has 0 saturated carbocycles. The first kappa shape index (κ1) is 21.7. The normalized spacial score (nSPS) is 15.4. The van der Waals surface area contributed by atoms with Gasteiger partial charge in [-0.15, -0.1) is 0 Å². The van der Waals surface area contributed by atoms with Crippen molar-refractivity contribution < 1.29 is 14.0 Å². The van der Waals surface area contributed by atoms with E-state index in [-0.39, 0.29) is 29.6 Å². The van der Waals surface area contributed by atoms with E-state index in [0.717, 1.165) is 12.0 Å². The standard InChI is InChI=1S/C25H27FN4O2/c1-2-22(18-6-4-3-5-7-18)25(32)29-14-12-20(13-15-29)28-24(31)23-16-27-17-30(23)21-10-8-19(26)9-11-21/h3-11,16-17,20,22H,2,12-15H2,1H3,(H,28,31). The number of halogens is 1. The highest BCUT2D eigenvalue weighted by atomic mass is 19.1. The number of carbonyl (C=O) groups excluding carboxylic acids is 2.